The van der Waals surface area contributed by atoms with Gasteiger partial charge in [-0.2, -0.15) is 0 Å². The fourth-order valence-electron chi connectivity index (χ4n) is 0. The minimum atomic E-state index is 0.134. The minimum Gasteiger partial charge on any atom is -0.316 e. The van der Waals surface area contributed by atoms with Crippen LogP contribution in [0.1, 0.15) is 41.0 Å². The number of nitrogens with one attached hydrogen (secondary N) is 1. The molecule has 0 unspecified atom stereocenters. The van der Waals surface area contributed by atoms with E-state index in [-0.39, 0.29) is 6.17 Å². The number of nitrogens with two attached hydrogens (primary N) is 1. The van der Waals surface area contributed by atoms with Gasteiger partial charge in [-0.3, -0.25) is 0 Å². The van der Waals surface area contributed by atoms with Gasteiger partial charge in [0.05, 0.1) is 6.17 Å². The van der Waals surface area contributed by atoms with Gasteiger partial charge in [0.15, 0.2) is 0 Å². The molecule has 0 rings (SSSR count). The number of hydrogen-bond donors (Lipinski definition) is 2. The van der Waals surface area contributed by atoms with Crippen LogP contribution in [0, 0.1) is 0 Å². The molecule has 66 valence electrons. The summed E-state index contributed by atoms with van der Waals surface area (Å²) in [6.45, 7) is 10.1. The molecule has 0 radical (unpaired) electrons. The molecule has 0 bridgehead atoms. The zero-order valence-corrected chi connectivity index (χ0v) is 8.36. The Morgan fingerprint density at radius 2 is 1.40 bits per heavy atom. The van der Waals surface area contributed by atoms with Crippen molar-refractivity contribution in [3.63, 3.8) is 0 Å². The lowest BCUT2D eigenvalue weighted by atomic mass is 10.6. The second kappa shape index (κ2) is 23.1. The normalized spacial score (nSPS) is 9.90. The van der Waals surface area contributed by atoms with Crippen molar-refractivity contribution in [3.05, 3.63) is 0 Å². The van der Waals surface area contributed by atoms with Gasteiger partial charge < -0.3 is 11.1 Å². The molecule has 0 amide bonds. The van der Waals surface area contributed by atoms with Gasteiger partial charge in [-0.05, 0) is 14.0 Å². The molecule has 0 aromatic heterocycles. The largest absolute Gasteiger partial charge is 0.316 e. The van der Waals surface area contributed by atoms with E-state index in [2.05, 4.69) is 19.2 Å². The van der Waals surface area contributed by atoms with Gasteiger partial charge in [-0.1, -0.05) is 34.1 Å². The molecule has 0 aliphatic heterocycles. The first kappa shape index (κ1) is 16.5. The summed E-state index contributed by atoms with van der Waals surface area (Å²) in [6, 6.07) is 0. The second-order valence-electron chi connectivity index (χ2n) is 1.78. The summed E-state index contributed by atoms with van der Waals surface area (Å²) in [5.41, 5.74) is 5.18. The van der Waals surface area contributed by atoms with Crippen molar-refractivity contribution in [1.82, 2.24) is 5.32 Å². The highest BCUT2D eigenvalue weighted by Gasteiger charge is 1.76. The maximum atomic E-state index is 5.18. The molecule has 0 aliphatic carbocycles. The van der Waals surface area contributed by atoms with E-state index < -0.39 is 0 Å². The Balaban J connectivity index is -0.0000000847. The molecular weight excluding hydrogens is 124 g/mol. The first-order chi connectivity index (χ1) is 4.68. The SMILES string of the molecule is CC.CCC.CN[C@H](C)N. The van der Waals surface area contributed by atoms with Crippen LogP contribution >= 0.6 is 0 Å². The molecule has 0 aromatic rings. The summed E-state index contributed by atoms with van der Waals surface area (Å²) in [5, 5.41) is 2.81. The summed E-state index contributed by atoms with van der Waals surface area (Å²) in [6.07, 6.45) is 1.38. The maximum Gasteiger partial charge on any atom is 0.0514 e. The van der Waals surface area contributed by atoms with Gasteiger partial charge in [0.1, 0.15) is 0 Å². The molecular formula is C8H24N2. The lowest BCUT2D eigenvalue weighted by Gasteiger charge is -1.96. The van der Waals surface area contributed by atoms with Gasteiger partial charge in [0.25, 0.3) is 0 Å². The van der Waals surface area contributed by atoms with Crippen LogP contribution in [0.2, 0.25) is 0 Å². The van der Waals surface area contributed by atoms with E-state index in [0.717, 1.165) is 0 Å². The van der Waals surface area contributed by atoms with Crippen LogP contribution in [-0.2, 0) is 0 Å². The summed E-state index contributed by atoms with van der Waals surface area (Å²) < 4.78 is 0. The van der Waals surface area contributed by atoms with E-state index >= 15 is 0 Å². The summed E-state index contributed by atoms with van der Waals surface area (Å²) in [5.74, 6) is 0. The van der Waals surface area contributed by atoms with E-state index in [1.165, 1.54) is 6.42 Å². The molecule has 0 fully saturated rings. The van der Waals surface area contributed by atoms with Crippen molar-refractivity contribution in [3.8, 4) is 0 Å². The monoisotopic (exact) mass is 148 g/mol. The Hall–Kier alpha value is -0.0800. The molecule has 0 heterocycles. The van der Waals surface area contributed by atoms with Crippen LogP contribution in [0.4, 0.5) is 0 Å². The molecule has 0 aromatic carbocycles. The minimum absolute atomic E-state index is 0.134. The van der Waals surface area contributed by atoms with Gasteiger partial charge in [0.2, 0.25) is 0 Å². The Bertz CT molecular complexity index is 28.4. The van der Waals surface area contributed by atoms with Gasteiger partial charge >= 0.3 is 0 Å². The molecule has 10 heavy (non-hydrogen) atoms. The molecule has 2 heteroatoms. The lowest BCUT2D eigenvalue weighted by molar-refractivity contribution is 0.639. The summed E-state index contributed by atoms with van der Waals surface area (Å²) in [7, 11) is 1.82. The highest BCUT2D eigenvalue weighted by atomic mass is 15.0. The van der Waals surface area contributed by atoms with Crippen LogP contribution in [0.25, 0.3) is 0 Å². The molecule has 2 nitrogen and oxygen atoms in total. The van der Waals surface area contributed by atoms with Crippen molar-refractivity contribution in [2.45, 2.75) is 47.2 Å². The van der Waals surface area contributed by atoms with Crippen LogP contribution < -0.4 is 11.1 Å². The van der Waals surface area contributed by atoms with Gasteiger partial charge in [0, 0.05) is 0 Å². The predicted molar refractivity (Wildman–Crippen MR) is 50.0 cm³/mol. The van der Waals surface area contributed by atoms with E-state index in [9.17, 15) is 0 Å². The Labute approximate surface area is 66.2 Å². The number of hydrogen-bond acceptors (Lipinski definition) is 2. The summed E-state index contributed by atoms with van der Waals surface area (Å²) in [4.78, 5) is 0. The molecule has 3 N–H and O–H groups in total. The van der Waals surface area contributed by atoms with Gasteiger partial charge in [-0.15, -0.1) is 0 Å². The van der Waals surface area contributed by atoms with E-state index in [4.69, 9.17) is 5.73 Å². The average Bonchev–Trinajstić information content (AvgIpc) is 1.94. The molecule has 1 atom stereocenters. The fraction of sp³-hybridized carbons (Fsp3) is 1.00. The van der Waals surface area contributed by atoms with Crippen LogP contribution in [0.15, 0.2) is 0 Å². The van der Waals surface area contributed by atoms with Crippen molar-refractivity contribution in [2.75, 3.05) is 7.05 Å². The fourth-order valence-corrected chi connectivity index (χ4v) is 0. The van der Waals surface area contributed by atoms with Crippen molar-refractivity contribution >= 4 is 0 Å². The van der Waals surface area contributed by atoms with Crippen LogP contribution in [-0.4, -0.2) is 13.2 Å². The van der Waals surface area contributed by atoms with Gasteiger partial charge in [-0.25, -0.2) is 0 Å². The molecule has 0 saturated carbocycles. The van der Waals surface area contributed by atoms with Crippen LogP contribution in [0.5, 0.6) is 0 Å². The lowest BCUT2D eigenvalue weighted by Crippen LogP contribution is -2.30. The third-order valence-corrected chi connectivity index (χ3v) is 0.455. The first-order valence-electron chi connectivity index (χ1n) is 4.11. The molecule has 0 saturated heterocycles. The second-order valence-corrected chi connectivity index (χ2v) is 1.78. The zero-order valence-electron chi connectivity index (χ0n) is 8.36. The Kier molecular flexibility index (Phi) is 38.1. The predicted octanol–water partition coefficient (Wildman–Crippen LogP) is 1.95. The topological polar surface area (TPSA) is 38.0 Å². The maximum absolute atomic E-state index is 5.18. The first-order valence-corrected chi connectivity index (χ1v) is 4.11. The standard InChI is InChI=1S/C3H10N2.C3H8.C2H6/c1-3(4)5-2;1-3-2;1-2/h3,5H,4H2,1-2H3;3H2,1-2H3;1-2H3/t3-;;/m1../s1. The van der Waals surface area contributed by atoms with Crippen molar-refractivity contribution in [1.29, 1.82) is 0 Å². The van der Waals surface area contributed by atoms with E-state index in [1.807, 2.05) is 27.8 Å². The average molecular weight is 148 g/mol. The molecule has 0 aliphatic rings. The third-order valence-electron chi connectivity index (χ3n) is 0.455. The van der Waals surface area contributed by atoms with E-state index in [0.29, 0.717) is 0 Å². The van der Waals surface area contributed by atoms with Crippen LogP contribution in [0.3, 0.4) is 0 Å². The van der Waals surface area contributed by atoms with Crippen molar-refractivity contribution < 1.29 is 0 Å². The zero-order chi connectivity index (χ0) is 8.99. The Morgan fingerprint density at radius 1 is 1.30 bits per heavy atom. The highest BCUT2D eigenvalue weighted by molar-refractivity contribution is 4.37. The third kappa shape index (κ3) is 103. The Morgan fingerprint density at radius 3 is 1.40 bits per heavy atom. The molecule has 0 spiro atoms. The highest BCUT2D eigenvalue weighted by Crippen LogP contribution is 1.56. The number of rotatable bonds is 1. The quantitative estimate of drug-likeness (QED) is 0.558. The summed E-state index contributed by atoms with van der Waals surface area (Å²) >= 11 is 0. The van der Waals surface area contributed by atoms with E-state index in [1.54, 1.807) is 0 Å². The smallest absolute Gasteiger partial charge is 0.0514 e. The van der Waals surface area contributed by atoms with Crippen molar-refractivity contribution in [2.24, 2.45) is 5.73 Å².